The van der Waals surface area contributed by atoms with Crippen LogP contribution < -0.4 is 9.80 Å². The van der Waals surface area contributed by atoms with E-state index in [9.17, 15) is 0 Å². The highest BCUT2D eigenvalue weighted by molar-refractivity contribution is 5.96. The molecule has 13 rings (SSSR count). The van der Waals surface area contributed by atoms with E-state index in [4.69, 9.17) is 0 Å². The molecular formula is C59H39N5. The van der Waals surface area contributed by atoms with Gasteiger partial charge in [-0.25, -0.2) is 0 Å². The van der Waals surface area contributed by atoms with Gasteiger partial charge in [0.1, 0.15) is 0 Å². The van der Waals surface area contributed by atoms with Crippen LogP contribution in [-0.4, -0.2) is 15.0 Å². The summed E-state index contributed by atoms with van der Waals surface area (Å²) in [6.45, 7) is 0. The molecule has 0 saturated carbocycles. The summed E-state index contributed by atoms with van der Waals surface area (Å²) in [5.74, 6) is 0. The smallest absolute Gasteiger partial charge is 0.0748 e. The van der Waals surface area contributed by atoms with Crippen LogP contribution in [0, 0.1) is 0 Å². The molecule has 3 aromatic heterocycles. The van der Waals surface area contributed by atoms with Gasteiger partial charge < -0.3 is 9.80 Å². The average Bonchev–Trinajstić information content (AvgIpc) is 3.38. The third-order valence-electron chi connectivity index (χ3n) is 13.8. The maximum atomic E-state index is 4.60. The van der Waals surface area contributed by atoms with Crippen LogP contribution in [0.15, 0.2) is 237 Å². The Hall–Kier alpha value is -8.41. The Morgan fingerprint density at radius 3 is 0.969 bits per heavy atom. The van der Waals surface area contributed by atoms with E-state index < -0.39 is 10.8 Å². The number of fused-ring (bicyclic) bond motifs is 14. The fourth-order valence-corrected chi connectivity index (χ4v) is 11.4. The summed E-state index contributed by atoms with van der Waals surface area (Å²) in [6, 6.07) is 74.2. The minimum atomic E-state index is -0.677. The van der Waals surface area contributed by atoms with E-state index in [-0.39, 0.29) is 0 Å². The lowest BCUT2D eigenvalue weighted by molar-refractivity contribution is 0.607. The second-order valence-corrected chi connectivity index (χ2v) is 16.8. The molecule has 0 bridgehead atoms. The highest BCUT2D eigenvalue weighted by Crippen LogP contribution is 2.68. The fourth-order valence-electron chi connectivity index (χ4n) is 11.4. The van der Waals surface area contributed by atoms with Crippen LogP contribution >= 0.6 is 0 Å². The Morgan fingerprint density at radius 2 is 0.609 bits per heavy atom. The molecule has 0 saturated heterocycles. The van der Waals surface area contributed by atoms with E-state index in [0.717, 1.165) is 56.4 Å². The maximum absolute atomic E-state index is 4.60. The van der Waals surface area contributed by atoms with Gasteiger partial charge in [-0.1, -0.05) is 121 Å². The first-order valence-corrected chi connectivity index (χ1v) is 21.8. The number of nitrogens with zero attached hydrogens (tertiary/aromatic N) is 5. The van der Waals surface area contributed by atoms with Crippen LogP contribution in [0.3, 0.4) is 0 Å². The van der Waals surface area contributed by atoms with Gasteiger partial charge in [-0.05, 0) is 146 Å². The van der Waals surface area contributed by atoms with Crippen LogP contribution in [0.1, 0.15) is 44.5 Å². The Labute approximate surface area is 372 Å². The molecule has 2 aliphatic heterocycles. The summed E-state index contributed by atoms with van der Waals surface area (Å²) in [6.07, 6.45) is 11.3. The van der Waals surface area contributed by atoms with Crippen molar-refractivity contribution in [2.75, 3.05) is 9.80 Å². The van der Waals surface area contributed by atoms with Crippen LogP contribution in [0.4, 0.5) is 34.1 Å². The molecule has 5 nitrogen and oxygen atoms in total. The minimum absolute atomic E-state index is 0.649. The topological polar surface area (TPSA) is 45.2 Å². The summed E-state index contributed by atoms with van der Waals surface area (Å²) >= 11 is 0. The van der Waals surface area contributed by atoms with Crippen LogP contribution in [0.25, 0.3) is 22.3 Å². The van der Waals surface area contributed by atoms with Gasteiger partial charge >= 0.3 is 0 Å². The van der Waals surface area contributed by atoms with E-state index in [0.29, 0.717) is 0 Å². The first-order valence-electron chi connectivity index (χ1n) is 21.8. The average molecular weight is 818 g/mol. The molecule has 300 valence electrons. The quantitative estimate of drug-likeness (QED) is 0.177. The van der Waals surface area contributed by atoms with Crippen molar-refractivity contribution in [1.82, 2.24) is 15.0 Å². The molecule has 0 amide bonds. The molecular weight excluding hydrogens is 779 g/mol. The van der Waals surface area contributed by atoms with Gasteiger partial charge in [0.05, 0.1) is 45.5 Å². The monoisotopic (exact) mass is 817 g/mol. The lowest BCUT2D eigenvalue weighted by Crippen LogP contribution is -2.49. The third kappa shape index (κ3) is 4.92. The van der Waals surface area contributed by atoms with Gasteiger partial charge in [0.15, 0.2) is 0 Å². The second kappa shape index (κ2) is 14.1. The van der Waals surface area contributed by atoms with Crippen LogP contribution in [0.2, 0.25) is 0 Å². The van der Waals surface area contributed by atoms with Crippen molar-refractivity contribution in [2.24, 2.45) is 0 Å². The zero-order valence-electron chi connectivity index (χ0n) is 34.8. The number of rotatable bonds is 4. The van der Waals surface area contributed by atoms with Crippen molar-refractivity contribution in [3.05, 3.63) is 282 Å². The van der Waals surface area contributed by atoms with Crippen molar-refractivity contribution in [3.8, 4) is 22.3 Å². The van der Waals surface area contributed by atoms with Crippen molar-refractivity contribution in [2.45, 2.75) is 10.8 Å². The number of hydrogen-bond donors (Lipinski definition) is 0. The number of para-hydroxylation sites is 4. The number of benzene rings is 7. The van der Waals surface area contributed by atoms with Gasteiger partial charge in [-0.2, -0.15) is 0 Å². The van der Waals surface area contributed by atoms with Crippen LogP contribution in [-0.2, 0) is 10.8 Å². The van der Waals surface area contributed by atoms with Gasteiger partial charge in [0.25, 0.3) is 0 Å². The summed E-state index contributed by atoms with van der Waals surface area (Å²) in [5, 5.41) is 0. The molecule has 5 heterocycles. The summed E-state index contributed by atoms with van der Waals surface area (Å²) in [4.78, 5) is 18.2. The van der Waals surface area contributed by atoms with Crippen LogP contribution in [0.5, 0.6) is 0 Å². The molecule has 5 heteroatoms. The molecule has 3 aliphatic rings. The highest BCUT2D eigenvalue weighted by atomic mass is 15.2. The van der Waals surface area contributed by atoms with Crippen molar-refractivity contribution >= 4 is 34.1 Å². The lowest BCUT2D eigenvalue weighted by atomic mass is 9.49. The summed E-state index contributed by atoms with van der Waals surface area (Å²) in [7, 11) is 0. The standard InChI is InChI=1S/C59H39N5/c1-3-17-48-46(15-1)58(50-19-5-9-23-54(50)63(44-14-13-31-62-39-44)55-24-10-6-20-51(55)58)47-16-2-4-18-49(47)59(48)52-21-7-11-25-56(52)64(57-26-12-8-22-53(57)59)45-37-42(40-27-32-60-33-28-40)36-43(38-45)41-29-34-61-35-30-41/h1-39H. The molecule has 10 aromatic rings. The zero-order chi connectivity index (χ0) is 42.2. The van der Waals surface area contributed by atoms with Gasteiger partial charge in [0, 0.05) is 36.7 Å². The lowest BCUT2D eigenvalue weighted by Gasteiger charge is -2.56. The van der Waals surface area contributed by atoms with E-state index in [1.54, 1.807) is 0 Å². The van der Waals surface area contributed by atoms with E-state index in [1.165, 1.54) is 44.5 Å². The van der Waals surface area contributed by atoms with E-state index in [1.807, 2.05) is 43.2 Å². The number of aromatic nitrogens is 3. The summed E-state index contributed by atoms with van der Waals surface area (Å²) < 4.78 is 0. The SMILES string of the molecule is c1cncc(N2c3ccccc3C3(c4ccccc42)c2ccccc2C2(c4ccccc4N(c4cc(-c5ccncc5)cc(-c5ccncc5)c4)c4ccccc42)c2ccccc23)c1. The molecule has 2 spiro atoms. The zero-order valence-corrected chi connectivity index (χ0v) is 34.8. The third-order valence-corrected chi connectivity index (χ3v) is 13.8. The Morgan fingerprint density at radius 1 is 0.266 bits per heavy atom. The van der Waals surface area contributed by atoms with Crippen molar-refractivity contribution in [3.63, 3.8) is 0 Å². The van der Waals surface area contributed by atoms with Gasteiger partial charge in [-0.15, -0.1) is 0 Å². The highest BCUT2D eigenvalue weighted by Gasteiger charge is 2.58. The molecule has 0 radical (unpaired) electrons. The van der Waals surface area contributed by atoms with Crippen molar-refractivity contribution < 1.29 is 0 Å². The molecule has 0 N–H and O–H groups in total. The molecule has 0 unspecified atom stereocenters. The molecule has 7 aromatic carbocycles. The predicted octanol–water partition coefficient (Wildman–Crippen LogP) is 13.9. The Bertz CT molecular complexity index is 3220. The van der Waals surface area contributed by atoms with Crippen molar-refractivity contribution in [1.29, 1.82) is 0 Å². The normalized spacial score (nSPS) is 14.4. The minimum Gasteiger partial charge on any atom is -0.310 e. The van der Waals surface area contributed by atoms with Gasteiger partial charge in [0.2, 0.25) is 0 Å². The molecule has 0 fully saturated rings. The predicted molar refractivity (Wildman–Crippen MR) is 257 cm³/mol. The first kappa shape index (κ1) is 36.3. The Balaban J connectivity index is 1.12. The number of hydrogen-bond acceptors (Lipinski definition) is 5. The largest absolute Gasteiger partial charge is 0.310 e. The fraction of sp³-hybridized carbons (Fsp3) is 0.0339. The first-order chi connectivity index (χ1) is 31.8. The maximum Gasteiger partial charge on any atom is 0.0748 e. The van der Waals surface area contributed by atoms with Gasteiger partial charge in [-0.3, -0.25) is 15.0 Å². The molecule has 1 aliphatic carbocycles. The Kier molecular flexibility index (Phi) is 7.97. The molecule has 0 atom stereocenters. The molecule has 64 heavy (non-hydrogen) atoms. The second-order valence-electron chi connectivity index (χ2n) is 16.8. The summed E-state index contributed by atoms with van der Waals surface area (Å²) in [5.41, 5.74) is 19.8. The number of pyridine rings is 3. The van der Waals surface area contributed by atoms with E-state index in [2.05, 4.69) is 219 Å². The number of anilines is 6. The van der Waals surface area contributed by atoms with E-state index >= 15 is 0 Å².